The quantitative estimate of drug-likeness (QED) is 0.156. The molecule has 3 heterocycles. The van der Waals surface area contributed by atoms with Gasteiger partial charge in [-0.3, -0.25) is 4.57 Å². The Balaban J connectivity index is 1.03. The molecule has 14 aromatic rings. The van der Waals surface area contributed by atoms with Crippen LogP contribution in [-0.2, 0) is 0 Å². The lowest BCUT2D eigenvalue weighted by Gasteiger charge is -2.15. The number of aromatic nitrogens is 5. The first-order valence-corrected chi connectivity index (χ1v) is 23.1. The first-order chi connectivity index (χ1) is 33.7. The third kappa shape index (κ3) is 5.93. The number of nitrogens with zero attached hydrogens (tertiary/aromatic N) is 5. The second-order valence-electron chi connectivity index (χ2n) is 17.6. The lowest BCUT2D eigenvalue weighted by atomic mass is 9.92. The van der Waals surface area contributed by atoms with Gasteiger partial charge in [-0.2, -0.15) is 9.97 Å². The van der Waals surface area contributed by atoms with Crippen LogP contribution in [-0.4, -0.2) is 24.1 Å². The van der Waals surface area contributed by atoms with Gasteiger partial charge in [-0.15, -0.1) is 0 Å². The van der Waals surface area contributed by atoms with E-state index in [1.54, 1.807) is 0 Å². The Kier molecular flexibility index (Phi) is 8.52. The molecule has 0 N–H and O–H groups in total. The number of fused-ring (bicyclic) bond motifs is 13. The number of para-hydroxylation sites is 2. The predicted octanol–water partition coefficient (Wildman–Crippen LogP) is 16.2. The lowest BCUT2D eigenvalue weighted by Crippen LogP contribution is -2.07. The zero-order valence-electron chi connectivity index (χ0n) is 36.8. The standard InChI is InChI=1S/C63H39N5/c1-3-17-40(18-4-1)42-21-15-23-45(37-42)62-64-61(41-19-5-2-6-20-41)65-63(66-62)68-58-32-14-12-30-53(58)55-36-35-54-52-29-11-13-31-57(52)67(59(54)60(55)68)46-24-16-22-43(38-46)44-33-34-51-49-27-8-7-25-47(49)48-26-9-10-28-50(48)56(51)39-44/h1-39H. The van der Waals surface area contributed by atoms with E-state index >= 15 is 0 Å². The van der Waals surface area contributed by atoms with Crippen LogP contribution < -0.4 is 0 Å². The first-order valence-electron chi connectivity index (χ1n) is 23.1. The molecule has 5 heteroatoms. The van der Waals surface area contributed by atoms with E-state index in [0.717, 1.165) is 71.7 Å². The molecule has 14 rings (SSSR count). The van der Waals surface area contributed by atoms with Crippen LogP contribution in [0.1, 0.15) is 0 Å². The Morgan fingerprint density at radius 1 is 0.235 bits per heavy atom. The summed E-state index contributed by atoms with van der Waals surface area (Å²) in [5.41, 5.74) is 11.7. The summed E-state index contributed by atoms with van der Waals surface area (Å²) in [5, 5.41) is 12.2. The largest absolute Gasteiger partial charge is 0.307 e. The van der Waals surface area contributed by atoms with E-state index in [1.165, 1.54) is 43.3 Å². The van der Waals surface area contributed by atoms with Crippen LogP contribution in [0.15, 0.2) is 237 Å². The zero-order valence-corrected chi connectivity index (χ0v) is 36.8. The highest BCUT2D eigenvalue weighted by Crippen LogP contribution is 2.43. The molecule has 5 nitrogen and oxygen atoms in total. The smallest absolute Gasteiger partial charge is 0.238 e. The van der Waals surface area contributed by atoms with Gasteiger partial charge in [-0.05, 0) is 91.0 Å². The van der Waals surface area contributed by atoms with Crippen molar-refractivity contribution in [1.29, 1.82) is 0 Å². The molecule has 68 heavy (non-hydrogen) atoms. The summed E-state index contributed by atoms with van der Waals surface area (Å²) in [5.74, 6) is 1.77. The topological polar surface area (TPSA) is 48.5 Å². The highest BCUT2D eigenvalue weighted by molar-refractivity contribution is 6.26. The third-order valence-corrected chi connectivity index (χ3v) is 13.7. The summed E-state index contributed by atoms with van der Waals surface area (Å²) in [4.78, 5) is 16.0. The molecule has 0 saturated carbocycles. The van der Waals surface area contributed by atoms with Gasteiger partial charge < -0.3 is 4.57 Å². The third-order valence-electron chi connectivity index (χ3n) is 13.7. The molecule has 0 aliphatic heterocycles. The number of hydrogen-bond donors (Lipinski definition) is 0. The van der Waals surface area contributed by atoms with E-state index in [-0.39, 0.29) is 0 Å². The average Bonchev–Trinajstić information content (AvgIpc) is 3.94. The molecule has 0 saturated heterocycles. The second-order valence-corrected chi connectivity index (χ2v) is 17.6. The lowest BCUT2D eigenvalue weighted by molar-refractivity contribution is 0.953. The number of benzene rings is 11. The minimum Gasteiger partial charge on any atom is -0.307 e. The molecule has 0 fully saturated rings. The maximum Gasteiger partial charge on any atom is 0.238 e. The molecule has 0 aliphatic carbocycles. The van der Waals surface area contributed by atoms with E-state index < -0.39 is 0 Å². The summed E-state index contributed by atoms with van der Waals surface area (Å²) in [6.07, 6.45) is 0. The van der Waals surface area contributed by atoms with Crippen LogP contribution >= 0.6 is 0 Å². The van der Waals surface area contributed by atoms with Crippen molar-refractivity contribution in [3.8, 4) is 56.7 Å². The summed E-state index contributed by atoms with van der Waals surface area (Å²) in [7, 11) is 0. The molecule has 0 radical (unpaired) electrons. The monoisotopic (exact) mass is 865 g/mol. The molecule has 0 amide bonds. The van der Waals surface area contributed by atoms with Crippen LogP contribution in [0.3, 0.4) is 0 Å². The fraction of sp³-hybridized carbons (Fsp3) is 0. The van der Waals surface area contributed by atoms with Gasteiger partial charge in [0.1, 0.15) is 0 Å². The van der Waals surface area contributed by atoms with Crippen LogP contribution in [0.25, 0.3) is 133 Å². The summed E-state index contributed by atoms with van der Waals surface area (Å²) >= 11 is 0. The molecule has 11 aromatic carbocycles. The molecule has 0 bridgehead atoms. The van der Waals surface area contributed by atoms with Crippen LogP contribution in [0.2, 0.25) is 0 Å². The van der Waals surface area contributed by atoms with Crippen molar-refractivity contribution < 1.29 is 0 Å². The Bertz CT molecular complexity index is 4280. The van der Waals surface area contributed by atoms with Crippen LogP contribution in [0.4, 0.5) is 0 Å². The predicted molar refractivity (Wildman–Crippen MR) is 283 cm³/mol. The van der Waals surface area contributed by atoms with Gasteiger partial charge in [0.05, 0.1) is 22.1 Å². The minimum atomic E-state index is 0.555. The Morgan fingerprint density at radius 2 is 0.662 bits per heavy atom. The van der Waals surface area contributed by atoms with E-state index in [4.69, 9.17) is 15.0 Å². The minimum absolute atomic E-state index is 0.555. The first kappa shape index (κ1) is 38.1. The molecule has 316 valence electrons. The van der Waals surface area contributed by atoms with Crippen molar-refractivity contribution in [2.45, 2.75) is 0 Å². The normalized spacial score (nSPS) is 11.8. The Hall–Kier alpha value is -9.19. The summed E-state index contributed by atoms with van der Waals surface area (Å²) in [6, 6.07) is 84.7. The van der Waals surface area contributed by atoms with Crippen molar-refractivity contribution in [2.24, 2.45) is 0 Å². The highest BCUT2D eigenvalue weighted by atomic mass is 15.2. The van der Waals surface area contributed by atoms with Gasteiger partial charge >= 0.3 is 0 Å². The van der Waals surface area contributed by atoms with Gasteiger partial charge in [-0.1, -0.05) is 200 Å². The van der Waals surface area contributed by atoms with Gasteiger partial charge in [0.25, 0.3) is 0 Å². The second kappa shape index (κ2) is 15.2. The Labute approximate surface area is 391 Å². The SMILES string of the molecule is c1ccc(-c2cccc(-c3nc(-c4ccccc4)nc(-n4c5ccccc5c5ccc6c7ccccc7n(-c7cccc(-c8ccc9c%10ccccc%10c%10ccccc%10c9c8)c7)c6c54)n3)c2)cc1. The van der Waals surface area contributed by atoms with Crippen molar-refractivity contribution in [1.82, 2.24) is 24.1 Å². The van der Waals surface area contributed by atoms with Gasteiger partial charge in [0.2, 0.25) is 5.95 Å². The van der Waals surface area contributed by atoms with Crippen LogP contribution in [0, 0.1) is 0 Å². The van der Waals surface area contributed by atoms with E-state index in [0.29, 0.717) is 17.6 Å². The molecule has 3 aromatic heterocycles. The Morgan fingerprint density at radius 3 is 1.31 bits per heavy atom. The van der Waals surface area contributed by atoms with Crippen molar-refractivity contribution in [2.75, 3.05) is 0 Å². The van der Waals surface area contributed by atoms with E-state index in [2.05, 4.69) is 221 Å². The van der Waals surface area contributed by atoms with E-state index in [1.807, 2.05) is 24.3 Å². The molecule has 0 atom stereocenters. The molecule has 0 aliphatic rings. The van der Waals surface area contributed by atoms with Crippen LogP contribution in [0.5, 0.6) is 0 Å². The number of hydrogen-bond acceptors (Lipinski definition) is 3. The summed E-state index contributed by atoms with van der Waals surface area (Å²) in [6.45, 7) is 0. The van der Waals surface area contributed by atoms with Gasteiger partial charge in [0.15, 0.2) is 11.6 Å². The zero-order chi connectivity index (χ0) is 44.7. The van der Waals surface area contributed by atoms with Gasteiger partial charge in [0, 0.05) is 38.4 Å². The maximum absolute atomic E-state index is 5.42. The number of rotatable bonds is 6. The average molecular weight is 866 g/mol. The molecule has 0 unspecified atom stereocenters. The van der Waals surface area contributed by atoms with Crippen molar-refractivity contribution in [3.05, 3.63) is 237 Å². The van der Waals surface area contributed by atoms with Gasteiger partial charge in [-0.25, -0.2) is 4.98 Å². The summed E-state index contributed by atoms with van der Waals surface area (Å²) < 4.78 is 4.71. The fourth-order valence-electron chi connectivity index (χ4n) is 10.7. The fourth-order valence-corrected chi connectivity index (χ4v) is 10.7. The maximum atomic E-state index is 5.42. The highest BCUT2D eigenvalue weighted by Gasteiger charge is 2.24. The molecular weight excluding hydrogens is 827 g/mol. The van der Waals surface area contributed by atoms with Crippen molar-refractivity contribution >= 4 is 75.9 Å². The molecule has 0 spiro atoms. The molecular formula is C63H39N5. The van der Waals surface area contributed by atoms with E-state index in [9.17, 15) is 0 Å². The van der Waals surface area contributed by atoms with Crippen molar-refractivity contribution in [3.63, 3.8) is 0 Å².